The number of hydrogen-bond acceptors (Lipinski definition) is 3. The lowest BCUT2D eigenvalue weighted by molar-refractivity contribution is -0.137. The van der Waals surface area contributed by atoms with Gasteiger partial charge in [0.2, 0.25) is 0 Å². The number of halogens is 4. The maximum atomic E-state index is 12.5. The molecule has 8 heteroatoms. The number of amides is 1. The van der Waals surface area contributed by atoms with Crippen molar-refractivity contribution in [2.24, 2.45) is 5.10 Å². The van der Waals surface area contributed by atoms with Gasteiger partial charge in [-0.3, -0.25) is 4.79 Å². The Balaban J connectivity index is 2.05. The van der Waals surface area contributed by atoms with Crippen LogP contribution < -0.4 is 5.43 Å². The average Bonchev–Trinajstić information content (AvgIpc) is 2.83. The second-order valence-electron chi connectivity index (χ2n) is 3.92. The summed E-state index contributed by atoms with van der Waals surface area (Å²) in [5.41, 5.74) is 1.09. The molecule has 2 rings (SSSR count). The second-order valence-corrected chi connectivity index (χ2v) is 4.70. The number of nitrogens with one attached hydrogen (secondary N) is 1. The summed E-state index contributed by atoms with van der Waals surface area (Å²) in [6, 6.07) is 7.31. The van der Waals surface area contributed by atoms with Gasteiger partial charge in [-0.25, -0.2) is 5.43 Å². The topological polar surface area (TPSA) is 54.6 Å². The SMILES string of the molecule is O=C(N/N=C\c1ccc(Br)o1)c1cccc(C(F)(F)F)c1. The molecule has 1 N–H and O–H groups in total. The van der Waals surface area contributed by atoms with E-state index in [2.05, 4.69) is 26.5 Å². The molecule has 21 heavy (non-hydrogen) atoms. The van der Waals surface area contributed by atoms with Crippen LogP contribution in [0.5, 0.6) is 0 Å². The predicted molar refractivity (Wildman–Crippen MR) is 72.9 cm³/mol. The smallest absolute Gasteiger partial charge is 0.416 e. The van der Waals surface area contributed by atoms with Crippen LogP contribution in [0.2, 0.25) is 0 Å². The molecule has 0 aliphatic rings. The molecule has 4 nitrogen and oxygen atoms in total. The Hall–Kier alpha value is -2.09. The molecule has 0 fully saturated rings. The highest BCUT2D eigenvalue weighted by molar-refractivity contribution is 9.10. The van der Waals surface area contributed by atoms with Gasteiger partial charge in [0.1, 0.15) is 5.76 Å². The standard InChI is InChI=1S/C13H8BrF3N2O2/c14-11-5-4-10(21-11)7-18-19-12(20)8-2-1-3-9(6-8)13(15,16)17/h1-7H,(H,19,20)/b18-7-. The van der Waals surface area contributed by atoms with Crippen molar-refractivity contribution in [1.29, 1.82) is 0 Å². The zero-order chi connectivity index (χ0) is 15.5. The first-order valence-corrected chi connectivity index (χ1v) is 6.41. The molecule has 110 valence electrons. The first-order valence-electron chi connectivity index (χ1n) is 5.62. The van der Waals surface area contributed by atoms with E-state index in [1.54, 1.807) is 12.1 Å². The molecule has 0 radical (unpaired) electrons. The van der Waals surface area contributed by atoms with Crippen molar-refractivity contribution in [2.75, 3.05) is 0 Å². The number of furan rings is 1. The number of carbonyl (C=O) groups excluding carboxylic acids is 1. The first kappa shape index (κ1) is 15.3. The summed E-state index contributed by atoms with van der Waals surface area (Å²) in [5, 5.41) is 3.60. The highest BCUT2D eigenvalue weighted by Gasteiger charge is 2.30. The summed E-state index contributed by atoms with van der Waals surface area (Å²) in [5.74, 6) is -0.366. The third-order valence-corrected chi connectivity index (χ3v) is 2.83. The van der Waals surface area contributed by atoms with Gasteiger partial charge in [0.05, 0.1) is 11.8 Å². The second kappa shape index (κ2) is 6.13. The molecule has 1 aromatic heterocycles. The zero-order valence-corrected chi connectivity index (χ0v) is 11.9. The van der Waals surface area contributed by atoms with Crippen molar-refractivity contribution >= 4 is 28.1 Å². The number of benzene rings is 1. The van der Waals surface area contributed by atoms with Crippen molar-refractivity contribution in [1.82, 2.24) is 5.43 Å². The van der Waals surface area contributed by atoms with Crippen LogP contribution in [0.25, 0.3) is 0 Å². The van der Waals surface area contributed by atoms with Gasteiger partial charge in [0, 0.05) is 5.56 Å². The largest absolute Gasteiger partial charge is 0.448 e. The number of hydrogen-bond donors (Lipinski definition) is 1. The van der Waals surface area contributed by atoms with Gasteiger partial charge in [-0.05, 0) is 46.3 Å². The number of rotatable bonds is 3. The number of nitrogens with zero attached hydrogens (tertiary/aromatic N) is 1. The van der Waals surface area contributed by atoms with Gasteiger partial charge in [-0.1, -0.05) is 6.07 Å². The van der Waals surface area contributed by atoms with Crippen LogP contribution in [0.3, 0.4) is 0 Å². The molecule has 1 amide bonds. The maximum Gasteiger partial charge on any atom is 0.416 e. The Labute approximate surface area is 125 Å². The van der Waals surface area contributed by atoms with Crippen molar-refractivity contribution < 1.29 is 22.4 Å². The van der Waals surface area contributed by atoms with Crippen molar-refractivity contribution in [3.63, 3.8) is 0 Å². The Morgan fingerprint density at radius 1 is 1.29 bits per heavy atom. The summed E-state index contributed by atoms with van der Waals surface area (Å²) in [7, 11) is 0. The van der Waals surface area contributed by atoms with Gasteiger partial charge >= 0.3 is 6.18 Å². The van der Waals surface area contributed by atoms with Crippen molar-refractivity contribution in [3.8, 4) is 0 Å². The molecule has 0 spiro atoms. The van der Waals surface area contributed by atoms with Crippen LogP contribution >= 0.6 is 15.9 Å². The predicted octanol–water partition coefficient (Wildman–Crippen LogP) is 3.82. The summed E-state index contributed by atoms with van der Waals surface area (Å²) >= 11 is 3.09. The summed E-state index contributed by atoms with van der Waals surface area (Å²) in [6.45, 7) is 0. The minimum Gasteiger partial charge on any atom is -0.448 e. The molecule has 1 aromatic carbocycles. The normalized spacial score (nSPS) is 11.8. The Kier molecular flexibility index (Phi) is 4.46. The number of hydrazone groups is 1. The van der Waals surface area contributed by atoms with E-state index in [9.17, 15) is 18.0 Å². The van der Waals surface area contributed by atoms with E-state index in [1.165, 1.54) is 12.3 Å². The van der Waals surface area contributed by atoms with Crippen LogP contribution in [0, 0.1) is 0 Å². The molecule has 0 bridgehead atoms. The van der Waals surface area contributed by atoms with E-state index in [4.69, 9.17) is 4.42 Å². The molecule has 1 heterocycles. The molecular formula is C13H8BrF3N2O2. The van der Waals surface area contributed by atoms with Crippen LogP contribution in [0.15, 0.2) is 50.6 Å². The van der Waals surface area contributed by atoms with Gasteiger partial charge in [-0.15, -0.1) is 0 Å². The summed E-state index contributed by atoms with van der Waals surface area (Å²) < 4.78 is 43.2. The van der Waals surface area contributed by atoms with Gasteiger partial charge in [-0.2, -0.15) is 18.3 Å². The lowest BCUT2D eigenvalue weighted by Gasteiger charge is -2.07. The van der Waals surface area contributed by atoms with E-state index >= 15 is 0 Å². The van der Waals surface area contributed by atoms with Gasteiger partial charge in [0.25, 0.3) is 5.91 Å². The fraction of sp³-hybridized carbons (Fsp3) is 0.0769. The summed E-state index contributed by atoms with van der Waals surface area (Å²) in [4.78, 5) is 11.7. The first-order chi connectivity index (χ1) is 9.86. The molecule has 0 saturated heterocycles. The van der Waals surface area contributed by atoms with Crippen LogP contribution in [-0.2, 0) is 6.18 Å². The minimum atomic E-state index is -4.50. The zero-order valence-electron chi connectivity index (χ0n) is 10.3. The Morgan fingerprint density at radius 3 is 2.67 bits per heavy atom. The molecular weight excluding hydrogens is 353 g/mol. The average molecular weight is 361 g/mol. The maximum absolute atomic E-state index is 12.5. The molecule has 2 aromatic rings. The molecule has 0 unspecified atom stereocenters. The fourth-order valence-corrected chi connectivity index (χ4v) is 1.77. The minimum absolute atomic E-state index is 0.136. The van der Waals surface area contributed by atoms with Crippen LogP contribution in [-0.4, -0.2) is 12.1 Å². The highest BCUT2D eigenvalue weighted by Crippen LogP contribution is 2.29. The molecule has 0 atom stereocenters. The van der Waals surface area contributed by atoms with E-state index in [0.717, 1.165) is 18.2 Å². The van der Waals surface area contributed by atoms with E-state index < -0.39 is 17.6 Å². The highest BCUT2D eigenvalue weighted by atomic mass is 79.9. The fourth-order valence-electron chi connectivity index (χ4n) is 1.45. The summed E-state index contributed by atoms with van der Waals surface area (Å²) in [6.07, 6.45) is -3.27. The van der Waals surface area contributed by atoms with Gasteiger partial charge in [0.15, 0.2) is 4.67 Å². The number of alkyl halides is 3. The Bertz CT molecular complexity index is 680. The van der Waals surface area contributed by atoms with E-state index in [1.807, 2.05) is 0 Å². The quantitative estimate of drug-likeness (QED) is 0.668. The van der Waals surface area contributed by atoms with Crippen LogP contribution in [0.4, 0.5) is 13.2 Å². The number of carbonyl (C=O) groups is 1. The Morgan fingerprint density at radius 2 is 2.05 bits per heavy atom. The molecule has 0 saturated carbocycles. The molecule has 0 aliphatic heterocycles. The lowest BCUT2D eigenvalue weighted by atomic mass is 10.1. The van der Waals surface area contributed by atoms with E-state index in [0.29, 0.717) is 10.4 Å². The van der Waals surface area contributed by atoms with Crippen molar-refractivity contribution in [3.05, 3.63) is 58.0 Å². The third-order valence-electron chi connectivity index (χ3n) is 2.40. The third kappa shape index (κ3) is 4.19. The lowest BCUT2D eigenvalue weighted by Crippen LogP contribution is -2.18. The monoisotopic (exact) mass is 360 g/mol. The van der Waals surface area contributed by atoms with Crippen molar-refractivity contribution in [2.45, 2.75) is 6.18 Å². The molecule has 0 aliphatic carbocycles. The van der Waals surface area contributed by atoms with E-state index in [-0.39, 0.29) is 5.56 Å². The van der Waals surface area contributed by atoms with Crippen LogP contribution in [0.1, 0.15) is 21.7 Å². The van der Waals surface area contributed by atoms with Gasteiger partial charge < -0.3 is 4.42 Å².